The fourth-order valence-corrected chi connectivity index (χ4v) is 1.47. The third-order valence-electron chi connectivity index (χ3n) is 2.45. The van der Waals surface area contributed by atoms with Gasteiger partial charge in [0.25, 0.3) is 0 Å². The van der Waals surface area contributed by atoms with Crippen molar-refractivity contribution in [3.05, 3.63) is 29.3 Å². The summed E-state index contributed by atoms with van der Waals surface area (Å²) in [4.78, 5) is 11.6. The summed E-state index contributed by atoms with van der Waals surface area (Å²) in [6.07, 6.45) is 1.13. The first-order chi connectivity index (χ1) is 8.67. The summed E-state index contributed by atoms with van der Waals surface area (Å²) in [5.74, 6) is 5.77. The number of rotatable bonds is 4. The largest absolute Gasteiger partial charge is 0.330 e. The molecule has 0 saturated carbocycles. The Morgan fingerprint density at radius 2 is 2.17 bits per heavy atom. The molecular weight excluding hydrogens is 226 g/mol. The number of benzene rings is 1. The Morgan fingerprint density at radius 1 is 1.39 bits per heavy atom. The van der Waals surface area contributed by atoms with Crippen LogP contribution in [0.2, 0.25) is 0 Å². The van der Waals surface area contributed by atoms with Crippen LogP contribution in [0.5, 0.6) is 0 Å². The van der Waals surface area contributed by atoms with E-state index in [0.29, 0.717) is 25.9 Å². The number of anilines is 1. The molecule has 0 spiro atoms. The number of carbonyl (C=O) groups excluding carboxylic acids is 1. The van der Waals surface area contributed by atoms with Crippen LogP contribution in [0.3, 0.4) is 0 Å². The maximum absolute atomic E-state index is 11.6. The Labute approximate surface area is 108 Å². The van der Waals surface area contributed by atoms with Crippen molar-refractivity contribution in [2.75, 3.05) is 18.4 Å². The molecule has 0 fully saturated rings. The highest BCUT2D eigenvalue weighted by molar-refractivity contribution is 5.90. The minimum Gasteiger partial charge on any atom is -0.330 e. The predicted octanol–water partition coefficient (Wildman–Crippen LogP) is 0.983. The van der Waals surface area contributed by atoms with Crippen LogP contribution in [0.4, 0.5) is 5.69 Å². The number of hydrogen-bond acceptors (Lipinski definition) is 3. The van der Waals surface area contributed by atoms with Gasteiger partial charge in [-0.3, -0.25) is 4.79 Å². The lowest BCUT2D eigenvalue weighted by molar-refractivity contribution is -0.116. The van der Waals surface area contributed by atoms with Crippen molar-refractivity contribution < 1.29 is 4.79 Å². The Hall–Kier alpha value is -1.83. The van der Waals surface area contributed by atoms with Crippen LogP contribution in [0.1, 0.15) is 24.0 Å². The molecule has 0 heterocycles. The molecule has 4 heteroatoms. The summed E-state index contributed by atoms with van der Waals surface area (Å²) in [7, 11) is 0. The molecule has 96 valence electrons. The Bertz CT molecular complexity index is 472. The summed E-state index contributed by atoms with van der Waals surface area (Å²) in [5, 5.41) is 2.83. The van der Waals surface area contributed by atoms with Crippen LogP contribution < -0.4 is 16.8 Å². The number of aryl methyl sites for hydroxylation is 1. The molecule has 0 aliphatic heterocycles. The lowest BCUT2D eigenvalue weighted by atomic mass is 10.1. The zero-order chi connectivity index (χ0) is 13.4. The van der Waals surface area contributed by atoms with Crippen molar-refractivity contribution in [2.24, 2.45) is 11.5 Å². The van der Waals surface area contributed by atoms with Gasteiger partial charge in [-0.25, -0.2) is 0 Å². The lowest BCUT2D eigenvalue weighted by Crippen LogP contribution is -2.13. The molecule has 0 radical (unpaired) electrons. The van der Waals surface area contributed by atoms with E-state index >= 15 is 0 Å². The maximum Gasteiger partial charge on any atom is 0.224 e. The highest BCUT2D eigenvalue weighted by atomic mass is 16.1. The summed E-state index contributed by atoms with van der Waals surface area (Å²) in [5.41, 5.74) is 13.4. The molecule has 5 N–H and O–H groups in total. The predicted molar refractivity (Wildman–Crippen MR) is 74.0 cm³/mol. The van der Waals surface area contributed by atoms with Gasteiger partial charge < -0.3 is 16.8 Å². The van der Waals surface area contributed by atoms with Crippen LogP contribution in [0, 0.1) is 18.8 Å². The van der Waals surface area contributed by atoms with Crippen molar-refractivity contribution in [2.45, 2.75) is 19.8 Å². The normalized spacial score (nSPS) is 9.50. The molecule has 0 atom stereocenters. The van der Waals surface area contributed by atoms with Gasteiger partial charge in [0, 0.05) is 17.7 Å². The maximum atomic E-state index is 11.6. The van der Waals surface area contributed by atoms with E-state index in [1.807, 2.05) is 25.1 Å². The SMILES string of the molecule is Cc1ccc(NC(=O)CCCN)cc1C#CCN. The number of nitrogens with two attached hydrogens (primary N) is 2. The van der Waals surface area contributed by atoms with Crippen molar-refractivity contribution in [1.82, 2.24) is 0 Å². The van der Waals surface area contributed by atoms with E-state index in [0.717, 1.165) is 16.8 Å². The zero-order valence-corrected chi connectivity index (χ0v) is 10.6. The third kappa shape index (κ3) is 4.58. The summed E-state index contributed by atoms with van der Waals surface area (Å²) in [6, 6.07) is 5.65. The number of carbonyl (C=O) groups is 1. The molecule has 1 rings (SSSR count). The Morgan fingerprint density at radius 3 is 2.83 bits per heavy atom. The molecule has 1 amide bonds. The van der Waals surface area contributed by atoms with E-state index in [4.69, 9.17) is 11.5 Å². The zero-order valence-electron chi connectivity index (χ0n) is 10.6. The second-order valence-electron chi connectivity index (χ2n) is 3.98. The minimum absolute atomic E-state index is 0.0259. The fourth-order valence-electron chi connectivity index (χ4n) is 1.47. The summed E-state index contributed by atoms with van der Waals surface area (Å²) in [6.45, 7) is 2.82. The average molecular weight is 245 g/mol. The van der Waals surface area contributed by atoms with Crippen molar-refractivity contribution in [3.8, 4) is 11.8 Å². The van der Waals surface area contributed by atoms with Gasteiger partial charge in [0.15, 0.2) is 0 Å². The first-order valence-corrected chi connectivity index (χ1v) is 5.97. The van der Waals surface area contributed by atoms with Gasteiger partial charge in [-0.1, -0.05) is 17.9 Å². The van der Waals surface area contributed by atoms with E-state index in [1.54, 1.807) is 0 Å². The summed E-state index contributed by atoms with van der Waals surface area (Å²) < 4.78 is 0. The van der Waals surface area contributed by atoms with E-state index in [-0.39, 0.29) is 5.91 Å². The topological polar surface area (TPSA) is 81.1 Å². The van der Waals surface area contributed by atoms with Crippen LogP contribution >= 0.6 is 0 Å². The molecule has 1 aromatic rings. The highest BCUT2D eigenvalue weighted by Gasteiger charge is 2.03. The Balaban J connectivity index is 2.75. The molecular formula is C14H19N3O. The summed E-state index contributed by atoms with van der Waals surface area (Å²) >= 11 is 0. The molecule has 0 aliphatic rings. The third-order valence-corrected chi connectivity index (χ3v) is 2.45. The monoisotopic (exact) mass is 245 g/mol. The smallest absolute Gasteiger partial charge is 0.224 e. The molecule has 0 saturated heterocycles. The average Bonchev–Trinajstić information content (AvgIpc) is 2.37. The molecule has 1 aromatic carbocycles. The van der Waals surface area contributed by atoms with Crippen molar-refractivity contribution in [3.63, 3.8) is 0 Å². The first kappa shape index (κ1) is 14.2. The van der Waals surface area contributed by atoms with Gasteiger partial charge in [-0.05, 0) is 37.6 Å². The minimum atomic E-state index is -0.0259. The Kier molecular flexibility index (Phi) is 5.92. The van der Waals surface area contributed by atoms with E-state index in [2.05, 4.69) is 17.2 Å². The molecule has 18 heavy (non-hydrogen) atoms. The van der Waals surface area contributed by atoms with Crippen molar-refractivity contribution in [1.29, 1.82) is 0 Å². The second kappa shape index (κ2) is 7.49. The van der Waals surface area contributed by atoms with Crippen LogP contribution in [0.25, 0.3) is 0 Å². The van der Waals surface area contributed by atoms with E-state index in [9.17, 15) is 4.79 Å². The van der Waals surface area contributed by atoms with Crippen molar-refractivity contribution >= 4 is 11.6 Å². The number of nitrogens with one attached hydrogen (secondary N) is 1. The van der Waals surface area contributed by atoms with Gasteiger partial charge >= 0.3 is 0 Å². The molecule has 0 unspecified atom stereocenters. The van der Waals surface area contributed by atoms with Gasteiger partial charge in [-0.2, -0.15) is 0 Å². The second-order valence-corrected chi connectivity index (χ2v) is 3.98. The van der Waals surface area contributed by atoms with Crippen LogP contribution in [0.15, 0.2) is 18.2 Å². The van der Waals surface area contributed by atoms with Gasteiger partial charge in [-0.15, -0.1) is 0 Å². The van der Waals surface area contributed by atoms with E-state index in [1.165, 1.54) is 0 Å². The van der Waals surface area contributed by atoms with E-state index < -0.39 is 0 Å². The molecule has 4 nitrogen and oxygen atoms in total. The fraction of sp³-hybridized carbons (Fsp3) is 0.357. The lowest BCUT2D eigenvalue weighted by Gasteiger charge is -2.06. The van der Waals surface area contributed by atoms with Gasteiger partial charge in [0.1, 0.15) is 0 Å². The molecule has 0 aromatic heterocycles. The van der Waals surface area contributed by atoms with Gasteiger partial charge in [0.2, 0.25) is 5.91 Å². The van der Waals surface area contributed by atoms with Gasteiger partial charge in [0.05, 0.1) is 6.54 Å². The highest BCUT2D eigenvalue weighted by Crippen LogP contribution is 2.14. The molecule has 0 aliphatic carbocycles. The van der Waals surface area contributed by atoms with Crippen LogP contribution in [-0.4, -0.2) is 19.0 Å². The number of amides is 1. The van der Waals surface area contributed by atoms with Crippen LogP contribution in [-0.2, 0) is 4.79 Å². The standard InChI is InChI=1S/C14H19N3O/c1-11-6-7-13(10-12(11)4-2-8-15)17-14(18)5-3-9-16/h6-7,10H,3,5,8-9,15-16H2,1H3,(H,17,18). The first-order valence-electron chi connectivity index (χ1n) is 5.97. The molecule has 0 bridgehead atoms. The quantitative estimate of drug-likeness (QED) is 0.692. The number of hydrogen-bond donors (Lipinski definition) is 3.